The number of benzene rings is 1. The van der Waals surface area contributed by atoms with Crippen LogP contribution in [-0.4, -0.2) is 59.1 Å². The molecule has 0 aliphatic rings. The van der Waals surface area contributed by atoms with E-state index in [1.165, 1.54) is 12.5 Å². The van der Waals surface area contributed by atoms with E-state index in [0.29, 0.717) is 16.5 Å². The Bertz CT molecular complexity index is 897. The second kappa shape index (κ2) is 9.35. The molecule has 1 heterocycles. The van der Waals surface area contributed by atoms with Crippen LogP contribution in [0.25, 0.3) is 10.9 Å². The third-order valence-corrected chi connectivity index (χ3v) is 7.81. The molecular weight excluding hydrogens is 404 g/mol. The van der Waals surface area contributed by atoms with Crippen molar-refractivity contribution in [2.75, 3.05) is 27.3 Å². The van der Waals surface area contributed by atoms with Gasteiger partial charge in [0.2, 0.25) is 0 Å². The molecular formula is C17H27N3O6P2. The Balaban J connectivity index is 2.72. The first-order valence-electron chi connectivity index (χ1n) is 8.83. The molecule has 2 aromatic rings. The lowest BCUT2D eigenvalue weighted by Gasteiger charge is -2.30. The summed E-state index contributed by atoms with van der Waals surface area (Å²) in [6.07, 6.45) is 2.86. The molecule has 2 unspecified atom stereocenters. The minimum Gasteiger partial charge on any atom is -0.369 e. The predicted octanol–water partition coefficient (Wildman–Crippen LogP) is 3.57. The number of aromatic nitrogens is 1. The molecule has 0 radical (unpaired) electrons. The minimum atomic E-state index is -4.81. The van der Waals surface area contributed by atoms with Crippen molar-refractivity contribution in [1.82, 2.24) is 9.88 Å². The Labute approximate surface area is 164 Å². The van der Waals surface area contributed by atoms with E-state index < -0.39 is 26.6 Å². The fraction of sp³-hybridized carbons (Fsp3) is 0.471. The minimum absolute atomic E-state index is 0.0486. The average molecular weight is 431 g/mol. The first-order valence-corrected chi connectivity index (χ1v) is 12.1. The molecule has 2 atom stereocenters. The van der Waals surface area contributed by atoms with Gasteiger partial charge in [-0.3, -0.25) is 14.1 Å². The standard InChI is InChI=1S/C17H27N3O6P2/c1-5-25-28(24,26-6-2)17(19-12-20(3)4)16(27(21,22)23)14-11-18-15-10-8-7-9-13(14)15/h7-12,16-18H,5-6H2,1-4H3,(H2,21,22,23). The summed E-state index contributed by atoms with van der Waals surface area (Å²) in [5, 5.41) is 0.612. The van der Waals surface area contributed by atoms with Crippen LogP contribution in [0.2, 0.25) is 0 Å². The maximum Gasteiger partial charge on any atom is 0.356 e. The largest absolute Gasteiger partial charge is 0.369 e. The highest BCUT2D eigenvalue weighted by Gasteiger charge is 2.50. The number of H-pyrrole nitrogens is 1. The third-order valence-electron chi connectivity index (χ3n) is 3.98. The predicted molar refractivity (Wildman–Crippen MR) is 110 cm³/mol. The molecule has 156 valence electrons. The Morgan fingerprint density at radius 1 is 1.18 bits per heavy atom. The lowest BCUT2D eigenvalue weighted by atomic mass is 10.1. The Hall–Kier alpha value is -1.47. The molecule has 0 aliphatic heterocycles. The topological polar surface area (TPSA) is 124 Å². The van der Waals surface area contributed by atoms with E-state index in [2.05, 4.69) is 9.98 Å². The molecule has 0 amide bonds. The highest BCUT2D eigenvalue weighted by Crippen LogP contribution is 2.67. The van der Waals surface area contributed by atoms with Gasteiger partial charge in [0.25, 0.3) is 0 Å². The number of aromatic amines is 1. The first kappa shape index (κ1) is 22.8. The van der Waals surface area contributed by atoms with Gasteiger partial charge in [-0.25, -0.2) is 0 Å². The van der Waals surface area contributed by atoms with Gasteiger partial charge in [-0.2, -0.15) is 0 Å². The summed E-state index contributed by atoms with van der Waals surface area (Å²) in [5.41, 5.74) is -0.498. The summed E-state index contributed by atoms with van der Waals surface area (Å²) >= 11 is 0. The normalized spacial score (nSPS) is 15.2. The fourth-order valence-electron chi connectivity index (χ4n) is 2.94. The number of nitrogens with zero attached hydrogens (tertiary/aromatic N) is 2. The van der Waals surface area contributed by atoms with Gasteiger partial charge in [-0.15, -0.1) is 0 Å². The van der Waals surface area contributed by atoms with Crippen LogP contribution < -0.4 is 0 Å². The zero-order chi connectivity index (χ0) is 20.9. The molecule has 0 aliphatic carbocycles. The lowest BCUT2D eigenvalue weighted by molar-refractivity contribution is 0.209. The van der Waals surface area contributed by atoms with Gasteiger partial charge >= 0.3 is 15.2 Å². The molecule has 0 bridgehead atoms. The van der Waals surface area contributed by atoms with E-state index in [-0.39, 0.29) is 13.2 Å². The van der Waals surface area contributed by atoms with Gasteiger partial charge < -0.3 is 28.7 Å². The van der Waals surface area contributed by atoms with Crippen LogP contribution >= 0.6 is 15.2 Å². The summed E-state index contributed by atoms with van der Waals surface area (Å²) in [7, 11) is -5.40. The maximum atomic E-state index is 13.5. The van der Waals surface area contributed by atoms with Crippen molar-refractivity contribution in [2.45, 2.75) is 25.3 Å². The van der Waals surface area contributed by atoms with Crippen LogP contribution in [0.4, 0.5) is 0 Å². The van der Waals surface area contributed by atoms with Gasteiger partial charge in [-0.05, 0) is 25.5 Å². The number of fused-ring (bicyclic) bond motifs is 1. The van der Waals surface area contributed by atoms with Crippen molar-refractivity contribution in [3.63, 3.8) is 0 Å². The van der Waals surface area contributed by atoms with Gasteiger partial charge in [-0.1, -0.05) is 18.2 Å². The highest BCUT2D eigenvalue weighted by atomic mass is 31.2. The summed E-state index contributed by atoms with van der Waals surface area (Å²) < 4.78 is 36.9. The molecule has 2 rings (SSSR count). The van der Waals surface area contributed by atoms with Gasteiger partial charge in [0, 0.05) is 31.2 Å². The molecule has 1 aromatic carbocycles. The number of rotatable bonds is 10. The number of hydrogen-bond donors (Lipinski definition) is 3. The summed E-state index contributed by atoms with van der Waals surface area (Å²) in [5.74, 6) is -1.42. The Morgan fingerprint density at radius 3 is 2.32 bits per heavy atom. The van der Waals surface area contributed by atoms with E-state index in [1.54, 1.807) is 51.0 Å². The second-order valence-electron chi connectivity index (χ2n) is 6.34. The van der Waals surface area contributed by atoms with Crippen LogP contribution in [-0.2, 0) is 18.2 Å². The van der Waals surface area contributed by atoms with Crippen LogP contribution in [0.1, 0.15) is 25.1 Å². The summed E-state index contributed by atoms with van der Waals surface area (Å²) in [4.78, 5) is 29.3. The molecule has 28 heavy (non-hydrogen) atoms. The van der Waals surface area contributed by atoms with E-state index in [9.17, 15) is 18.9 Å². The molecule has 3 N–H and O–H groups in total. The SMILES string of the molecule is CCOP(=O)(OCC)C(N=CN(C)C)C(c1c[nH]c2ccccc12)P(=O)(O)O. The van der Waals surface area contributed by atoms with Crippen molar-refractivity contribution in [3.05, 3.63) is 36.0 Å². The second-order valence-corrected chi connectivity index (χ2v) is 10.2. The molecule has 0 spiro atoms. The molecule has 0 saturated carbocycles. The van der Waals surface area contributed by atoms with Crippen LogP contribution in [0, 0.1) is 0 Å². The monoisotopic (exact) mass is 431 g/mol. The van der Waals surface area contributed by atoms with Gasteiger partial charge in [0.1, 0.15) is 5.66 Å². The van der Waals surface area contributed by atoms with E-state index >= 15 is 0 Å². The highest BCUT2D eigenvalue weighted by molar-refractivity contribution is 7.58. The number of aliphatic imine (C=N–C) groups is 1. The zero-order valence-corrected chi connectivity index (χ0v) is 18.1. The maximum absolute atomic E-state index is 13.5. The molecule has 11 heteroatoms. The first-order chi connectivity index (χ1) is 13.1. The van der Waals surface area contributed by atoms with Crippen molar-refractivity contribution in [2.24, 2.45) is 4.99 Å². The molecule has 0 saturated heterocycles. The Morgan fingerprint density at radius 2 is 1.79 bits per heavy atom. The number of para-hydroxylation sites is 1. The van der Waals surface area contributed by atoms with Crippen molar-refractivity contribution in [1.29, 1.82) is 0 Å². The summed E-state index contributed by atoms with van der Waals surface area (Å²) in [6.45, 7) is 3.37. The van der Waals surface area contributed by atoms with Gasteiger partial charge in [0.15, 0.2) is 5.78 Å². The van der Waals surface area contributed by atoms with Crippen molar-refractivity contribution >= 4 is 32.4 Å². The van der Waals surface area contributed by atoms with E-state index in [4.69, 9.17) is 9.05 Å². The van der Waals surface area contributed by atoms with Crippen LogP contribution in [0.15, 0.2) is 35.5 Å². The van der Waals surface area contributed by atoms with E-state index in [0.717, 1.165) is 0 Å². The molecule has 0 fully saturated rings. The third kappa shape index (κ3) is 5.11. The van der Waals surface area contributed by atoms with Crippen molar-refractivity contribution < 1.29 is 28.0 Å². The van der Waals surface area contributed by atoms with Crippen LogP contribution in [0.3, 0.4) is 0 Å². The lowest BCUT2D eigenvalue weighted by Crippen LogP contribution is -2.22. The zero-order valence-electron chi connectivity index (χ0n) is 16.3. The Kier molecular flexibility index (Phi) is 7.62. The van der Waals surface area contributed by atoms with Crippen LogP contribution in [0.5, 0.6) is 0 Å². The molecule has 9 nitrogen and oxygen atoms in total. The molecule has 1 aromatic heterocycles. The van der Waals surface area contributed by atoms with Gasteiger partial charge in [0.05, 0.1) is 19.6 Å². The fourth-order valence-corrected chi connectivity index (χ4v) is 6.78. The van der Waals surface area contributed by atoms with E-state index in [1.807, 2.05) is 6.07 Å². The van der Waals surface area contributed by atoms with Crippen molar-refractivity contribution in [3.8, 4) is 0 Å². The number of nitrogens with one attached hydrogen (secondary N) is 1. The number of hydrogen-bond acceptors (Lipinski definition) is 5. The smallest absolute Gasteiger partial charge is 0.356 e. The average Bonchev–Trinajstić information content (AvgIpc) is 3.01. The summed E-state index contributed by atoms with van der Waals surface area (Å²) in [6, 6.07) is 7.10. The quantitative estimate of drug-likeness (QED) is 0.298.